The Labute approximate surface area is 123 Å². The molecule has 7 heteroatoms. The molecule has 1 heterocycles. The molecule has 19 heavy (non-hydrogen) atoms. The molecule has 1 aromatic heterocycles. The van der Waals surface area contributed by atoms with Crippen LogP contribution in [0.3, 0.4) is 0 Å². The number of aromatic nitrogens is 3. The topological polar surface area (TPSA) is 67.8 Å². The Morgan fingerprint density at radius 2 is 2.00 bits per heavy atom. The van der Waals surface area contributed by atoms with Crippen molar-refractivity contribution in [2.24, 2.45) is 0 Å². The number of nitrogens with one attached hydrogen (secondary N) is 1. The first-order valence-electron chi connectivity index (χ1n) is 5.41. The molecule has 0 aliphatic heterocycles. The summed E-state index contributed by atoms with van der Waals surface area (Å²) in [7, 11) is 0. The molecule has 2 rings (SSSR count). The second-order valence-electron chi connectivity index (χ2n) is 3.89. The van der Waals surface area contributed by atoms with Gasteiger partial charge >= 0.3 is 0 Å². The van der Waals surface area contributed by atoms with Crippen LogP contribution < -0.4 is 5.32 Å². The van der Waals surface area contributed by atoms with Crippen LogP contribution in [0.1, 0.15) is 21.7 Å². The summed E-state index contributed by atoms with van der Waals surface area (Å²) < 4.78 is 0.731. The molecule has 2 aromatic rings. The fraction of sp³-hybridized carbons (Fsp3) is 0.167. The lowest BCUT2D eigenvalue weighted by molar-refractivity contribution is 0.102. The average molecular weight is 342 g/mol. The van der Waals surface area contributed by atoms with Crippen LogP contribution in [0, 0.1) is 13.8 Å². The molecule has 0 unspecified atom stereocenters. The Balaban J connectivity index is 2.20. The first kappa shape index (κ1) is 13.9. The third-order valence-corrected chi connectivity index (χ3v) is 3.73. The van der Waals surface area contributed by atoms with Crippen molar-refractivity contribution in [1.82, 2.24) is 15.2 Å². The molecule has 0 aliphatic rings. The van der Waals surface area contributed by atoms with Gasteiger partial charge in [0, 0.05) is 10.0 Å². The van der Waals surface area contributed by atoms with E-state index in [0.29, 0.717) is 10.6 Å². The molecule has 1 aromatic carbocycles. The lowest BCUT2D eigenvalue weighted by Gasteiger charge is -2.05. The highest BCUT2D eigenvalue weighted by Crippen LogP contribution is 2.23. The minimum atomic E-state index is -0.334. The summed E-state index contributed by atoms with van der Waals surface area (Å²) >= 11 is 9.20. The van der Waals surface area contributed by atoms with Gasteiger partial charge in [0.1, 0.15) is 0 Å². The van der Waals surface area contributed by atoms with E-state index in [4.69, 9.17) is 11.6 Å². The van der Waals surface area contributed by atoms with Gasteiger partial charge < -0.3 is 0 Å². The Kier molecular flexibility index (Phi) is 4.11. The lowest BCUT2D eigenvalue weighted by Crippen LogP contribution is -2.15. The maximum absolute atomic E-state index is 12.0. The predicted octanol–water partition coefficient (Wildman–Crippen LogP) is 3.16. The van der Waals surface area contributed by atoms with Crippen LogP contribution in [-0.4, -0.2) is 21.1 Å². The van der Waals surface area contributed by atoms with E-state index >= 15 is 0 Å². The molecule has 0 bridgehead atoms. The highest BCUT2D eigenvalue weighted by atomic mass is 79.9. The van der Waals surface area contributed by atoms with Crippen LogP contribution >= 0.6 is 27.5 Å². The molecular weight excluding hydrogens is 332 g/mol. The molecule has 0 aliphatic carbocycles. The second-order valence-corrected chi connectivity index (χ2v) is 5.15. The fourth-order valence-electron chi connectivity index (χ4n) is 1.32. The highest BCUT2D eigenvalue weighted by Gasteiger charge is 2.10. The van der Waals surface area contributed by atoms with Gasteiger partial charge in [-0.25, -0.2) is 4.98 Å². The number of anilines is 1. The van der Waals surface area contributed by atoms with Crippen molar-refractivity contribution in [2.75, 3.05) is 5.32 Å². The molecule has 1 amide bonds. The second kappa shape index (κ2) is 5.63. The fourth-order valence-corrected chi connectivity index (χ4v) is 1.75. The normalized spacial score (nSPS) is 10.3. The summed E-state index contributed by atoms with van der Waals surface area (Å²) in [5.41, 5.74) is 1.87. The lowest BCUT2D eigenvalue weighted by atomic mass is 10.2. The van der Waals surface area contributed by atoms with Gasteiger partial charge in [0.05, 0.1) is 16.4 Å². The summed E-state index contributed by atoms with van der Waals surface area (Å²) in [4.78, 5) is 16.1. The van der Waals surface area contributed by atoms with E-state index in [9.17, 15) is 4.79 Å². The minimum Gasteiger partial charge on any atom is -0.289 e. The van der Waals surface area contributed by atoms with E-state index in [1.165, 1.54) is 0 Å². The maximum Gasteiger partial charge on any atom is 0.258 e. The van der Waals surface area contributed by atoms with E-state index in [1.54, 1.807) is 32.0 Å². The number of benzene rings is 1. The first-order valence-corrected chi connectivity index (χ1v) is 6.59. The smallest absolute Gasteiger partial charge is 0.258 e. The van der Waals surface area contributed by atoms with Gasteiger partial charge in [0.15, 0.2) is 0 Å². The van der Waals surface area contributed by atoms with Crippen LogP contribution in [0.25, 0.3) is 0 Å². The zero-order valence-electron chi connectivity index (χ0n) is 10.2. The van der Waals surface area contributed by atoms with Gasteiger partial charge in [-0.05, 0) is 48.0 Å². The number of amides is 1. The standard InChI is InChI=1S/C12H10BrClN4O/c1-6-7(2)17-18-12(15-6)16-11(19)8-3-4-9(13)10(14)5-8/h3-5H,1-2H3,(H,15,16,18,19). The minimum absolute atomic E-state index is 0.173. The number of nitrogens with zero attached hydrogens (tertiary/aromatic N) is 3. The third kappa shape index (κ3) is 3.27. The highest BCUT2D eigenvalue weighted by molar-refractivity contribution is 9.10. The van der Waals surface area contributed by atoms with E-state index in [2.05, 4.69) is 36.4 Å². The number of carbonyl (C=O) groups is 1. The Morgan fingerprint density at radius 3 is 2.63 bits per heavy atom. The van der Waals surface area contributed by atoms with Crippen LogP contribution in [0.4, 0.5) is 5.95 Å². The molecule has 0 saturated heterocycles. The summed E-state index contributed by atoms with van der Waals surface area (Å²) in [6, 6.07) is 4.92. The number of hydrogen-bond acceptors (Lipinski definition) is 4. The van der Waals surface area contributed by atoms with Crippen LogP contribution in [0.5, 0.6) is 0 Å². The summed E-state index contributed by atoms with van der Waals surface area (Å²) in [5.74, 6) is -0.161. The predicted molar refractivity (Wildman–Crippen MR) is 76.4 cm³/mol. The van der Waals surface area contributed by atoms with Crippen molar-refractivity contribution in [3.05, 3.63) is 44.6 Å². The molecule has 98 valence electrons. The van der Waals surface area contributed by atoms with Gasteiger partial charge in [-0.15, -0.1) is 5.10 Å². The largest absolute Gasteiger partial charge is 0.289 e. The van der Waals surface area contributed by atoms with E-state index in [0.717, 1.165) is 15.9 Å². The molecule has 0 fully saturated rings. The van der Waals surface area contributed by atoms with Crippen LogP contribution in [-0.2, 0) is 0 Å². The average Bonchev–Trinajstić information content (AvgIpc) is 2.37. The number of hydrogen-bond donors (Lipinski definition) is 1. The third-order valence-electron chi connectivity index (χ3n) is 2.50. The molecule has 0 spiro atoms. The number of halogens is 2. The summed E-state index contributed by atoms with van der Waals surface area (Å²) in [6.07, 6.45) is 0. The number of carbonyl (C=O) groups excluding carboxylic acids is 1. The van der Waals surface area contributed by atoms with Crippen molar-refractivity contribution in [3.63, 3.8) is 0 Å². The van der Waals surface area contributed by atoms with E-state index < -0.39 is 0 Å². The molecule has 5 nitrogen and oxygen atoms in total. The molecule has 1 N–H and O–H groups in total. The van der Waals surface area contributed by atoms with Crippen molar-refractivity contribution >= 4 is 39.4 Å². The zero-order valence-corrected chi connectivity index (χ0v) is 12.6. The van der Waals surface area contributed by atoms with Crippen LogP contribution in [0.15, 0.2) is 22.7 Å². The first-order chi connectivity index (χ1) is 8.97. The van der Waals surface area contributed by atoms with Gasteiger partial charge in [-0.3, -0.25) is 10.1 Å². The van der Waals surface area contributed by atoms with Crippen molar-refractivity contribution < 1.29 is 4.79 Å². The van der Waals surface area contributed by atoms with Crippen molar-refractivity contribution in [3.8, 4) is 0 Å². The number of rotatable bonds is 2. The molecule has 0 radical (unpaired) electrons. The van der Waals surface area contributed by atoms with Crippen molar-refractivity contribution in [2.45, 2.75) is 13.8 Å². The summed E-state index contributed by atoms with van der Waals surface area (Å²) in [5, 5.41) is 10.7. The van der Waals surface area contributed by atoms with Crippen LogP contribution in [0.2, 0.25) is 5.02 Å². The number of aryl methyl sites for hydroxylation is 2. The molecule has 0 saturated carbocycles. The quantitative estimate of drug-likeness (QED) is 0.911. The van der Waals surface area contributed by atoms with Gasteiger partial charge in [0.25, 0.3) is 5.91 Å². The Morgan fingerprint density at radius 1 is 1.26 bits per heavy atom. The van der Waals surface area contributed by atoms with E-state index in [-0.39, 0.29) is 11.9 Å². The van der Waals surface area contributed by atoms with Crippen molar-refractivity contribution in [1.29, 1.82) is 0 Å². The Bertz CT molecular complexity index is 648. The Hall–Kier alpha value is -1.53. The zero-order chi connectivity index (χ0) is 14.0. The molecular formula is C12H10BrClN4O. The van der Waals surface area contributed by atoms with E-state index in [1.807, 2.05) is 0 Å². The monoisotopic (exact) mass is 340 g/mol. The molecule has 0 atom stereocenters. The van der Waals surface area contributed by atoms with Gasteiger partial charge in [0.2, 0.25) is 5.95 Å². The van der Waals surface area contributed by atoms with Gasteiger partial charge in [-0.1, -0.05) is 11.6 Å². The SMILES string of the molecule is Cc1nnc(NC(=O)c2ccc(Br)c(Cl)c2)nc1C. The van der Waals surface area contributed by atoms with Gasteiger partial charge in [-0.2, -0.15) is 5.10 Å². The maximum atomic E-state index is 12.0. The summed E-state index contributed by atoms with van der Waals surface area (Å²) in [6.45, 7) is 3.60.